The molecule has 0 aromatic heterocycles. The van der Waals surface area contributed by atoms with E-state index in [0.717, 1.165) is 32.2 Å². The number of carbonyl (C=O) groups is 1. The quantitative estimate of drug-likeness (QED) is 0.869. The molecule has 0 spiro atoms. The molecule has 3 rings (SSSR count). The maximum Gasteiger partial charge on any atom is 0.225 e. The number of hydrogen-bond acceptors (Lipinski definition) is 3. The molecule has 1 aliphatic carbocycles. The second-order valence-electron chi connectivity index (χ2n) is 6.60. The van der Waals surface area contributed by atoms with Crippen LogP contribution in [-0.4, -0.2) is 49.2 Å². The lowest BCUT2D eigenvalue weighted by molar-refractivity contribution is -0.136. The second-order valence-corrected chi connectivity index (χ2v) is 6.60. The first kappa shape index (κ1) is 17.0. The van der Waals surface area contributed by atoms with Gasteiger partial charge in [0.25, 0.3) is 0 Å². The van der Waals surface area contributed by atoms with Crippen LogP contribution in [0.2, 0.25) is 0 Å². The third-order valence-electron chi connectivity index (χ3n) is 5.22. The highest BCUT2D eigenvalue weighted by Gasteiger charge is 2.35. The molecule has 0 bridgehead atoms. The van der Waals surface area contributed by atoms with E-state index in [1.807, 2.05) is 0 Å². The number of likely N-dealkylation sites (tertiary alicyclic amines) is 1. The number of carbonyl (C=O) groups excluding carboxylic acids is 1. The summed E-state index contributed by atoms with van der Waals surface area (Å²) < 4.78 is 5.68. The van der Waals surface area contributed by atoms with Gasteiger partial charge in [0.05, 0.1) is 19.1 Å². The molecule has 0 aromatic carbocycles. The largest absolute Gasteiger partial charge is 0.375 e. The summed E-state index contributed by atoms with van der Waals surface area (Å²) in [7, 11) is 0. The molecule has 5 heteroatoms. The lowest BCUT2D eigenvalue weighted by Gasteiger charge is -2.35. The highest BCUT2D eigenvalue weighted by molar-refractivity contribution is 5.85. The minimum atomic E-state index is 0. The Balaban J connectivity index is 0.00000161. The molecule has 122 valence electrons. The first-order valence-corrected chi connectivity index (χ1v) is 8.46. The van der Waals surface area contributed by atoms with Crippen molar-refractivity contribution in [2.24, 2.45) is 5.92 Å². The van der Waals surface area contributed by atoms with Crippen LogP contribution in [0.4, 0.5) is 0 Å². The fourth-order valence-corrected chi connectivity index (χ4v) is 4.17. The van der Waals surface area contributed by atoms with Crippen molar-refractivity contribution >= 4 is 18.3 Å². The minimum Gasteiger partial charge on any atom is -0.375 e. The van der Waals surface area contributed by atoms with E-state index >= 15 is 0 Å². The molecule has 0 aromatic rings. The van der Waals surface area contributed by atoms with E-state index in [1.165, 1.54) is 44.9 Å². The molecule has 2 heterocycles. The smallest absolute Gasteiger partial charge is 0.225 e. The Morgan fingerprint density at radius 2 is 1.95 bits per heavy atom. The lowest BCUT2D eigenvalue weighted by Crippen LogP contribution is -2.45. The van der Waals surface area contributed by atoms with Gasteiger partial charge in [0.1, 0.15) is 0 Å². The third-order valence-corrected chi connectivity index (χ3v) is 5.22. The molecule has 21 heavy (non-hydrogen) atoms. The van der Waals surface area contributed by atoms with Crippen LogP contribution in [0, 0.1) is 5.92 Å². The predicted molar refractivity (Wildman–Crippen MR) is 85.8 cm³/mol. The van der Waals surface area contributed by atoms with Gasteiger partial charge in [0.2, 0.25) is 5.91 Å². The molecular formula is C16H29ClN2O2. The van der Waals surface area contributed by atoms with Crippen molar-refractivity contribution in [3.05, 3.63) is 0 Å². The van der Waals surface area contributed by atoms with E-state index in [2.05, 4.69) is 10.2 Å². The summed E-state index contributed by atoms with van der Waals surface area (Å²) in [6.07, 6.45) is 9.83. The van der Waals surface area contributed by atoms with E-state index in [4.69, 9.17) is 4.74 Å². The minimum absolute atomic E-state index is 0. The molecule has 3 aliphatic rings. The number of nitrogens with zero attached hydrogens (tertiary/aromatic N) is 1. The van der Waals surface area contributed by atoms with Crippen molar-refractivity contribution in [2.45, 2.75) is 63.5 Å². The molecule has 4 nitrogen and oxygen atoms in total. The third kappa shape index (κ3) is 4.33. The van der Waals surface area contributed by atoms with Crippen LogP contribution in [-0.2, 0) is 9.53 Å². The average Bonchev–Trinajstić information content (AvgIpc) is 2.99. The number of hydrogen-bond donors (Lipinski definition) is 1. The van der Waals surface area contributed by atoms with Crippen LogP contribution in [0.5, 0.6) is 0 Å². The number of rotatable bonds is 3. The fourth-order valence-electron chi connectivity index (χ4n) is 4.17. The molecule has 1 amide bonds. The monoisotopic (exact) mass is 316 g/mol. The van der Waals surface area contributed by atoms with E-state index in [1.54, 1.807) is 0 Å². The summed E-state index contributed by atoms with van der Waals surface area (Å²) in [6.45, 7) is 3.46. The first-order chi connectivity index (χ1) is 9.84. The van der Waals surface area contributed by atoms with Gasteiger partial charge >= 0.3 is 0 Å². The molecule has 2 unspecified atom stereocenters. The number of ether oxygens (including phenoxy) is 1. The number of morpholine rings is 1. The first-order valence-electron chi connectivity index (χ1n) is 8.46. The average molecular weight is 317 g/mol. The summed E-state index contributed by atoms with van der Waals surface area (Å²) in [5.41, 5.74) is 0. The Morgan fingerprint density at radius 3 is 2.67 bits per heavy atom. The summed E-state index contributed by atoms with van der Waals surface area (Å²) in [5.74, 6) is 1.09. The van der Waals surface area contributed by atoms with E-state index in [9.17, 15) is 4.79 Å². The van der Waals surface area contributed by atoms with Crippen LogP contribution in [0.1, 0.15) is 51.4 Å². The maximum atomic E-state index is 12.6. The van der Waals surface area contributed by atoms with Gasteiger partial charge in [-0.15, -0.1) is 12.4 Å². The molecule has 2 atom stereocenters. The molecule has 1 N–H and O–H groups in total. The van der Waals surface area contributed by atoms with Crippen molar-refractivity contribution in [3.63, 3.8) is 0 Å². The van der Waals surface area contributed by atoms with Gasteiger partial charge in [-0.25, -0.2) is 0 Å². The van der Waals surface area contributed by atoms with Gasteiger partial charge in [0.15, 0.2) is 0 Å². The molecule has 1 saturated carbocycles. The zero-order chi connectivity index (χ0) is 13.8. The SMILES string of the molecule is Cl.O=C(CC1CNCCO1)N1CCCC1C1CCCCC1. The second kappa shape index (κ2) is 8.35. The summed E-state index contributed by atoms with van der Waals surface area (Å²) in [6, 6.07) is 0.527. The Hall–Kier alpha value is -0.320. The van der Waals surface area contributed by atoms with Gasteiger partial charge in [0, 0.05) is 25.7 Å². The van der Waals surface area contributed by atoms with Gasteiger partial charge in [-0.1, -0.05) is 19.3 Å². The van der Waals surface area contributed by atoms with E-state index < -0.39 is 0 Å². The van der Waals surface area contributed by atoms with Gasteiger partial charge in [-0.2, -0.15) is 0 Å². The Kier molecular flexibility index (Phi) is 6.77. The van der Waals surface area contributed by atoms with E-state index in [0.29, 0.717) is 18.4 Å². The number of nitrogens with one attached hydrogen (secondary N) is 1. The predicted octanol–water partition coefficient (Wildman–Crippen LogP) is 2.36. The van der Waals surface area contributed by atoms with Crippen molar-refractivity contribution in [3.8, 4) is 0 Å². The topological polar surface area (TPSA) is 41.6 Å². The zero-order valence-electron chi connectivity index (χ0n) is 12.9. The van der Waals surface area contributed by atoms with Gasteiger partial charge in [-0.05, 0) is 31.6 Å². The van der Waals surface area contributed by atoms with E-state index in [-0.39, 0.29) is 18.5 Å². The Bertz CT molecular complexity index is 328. The number of amides is 1. The number of halogens is 1. The van der Waals surface area contributed by atoms with Crippen molar-refractivity contribution in [1.29, 1.82) is 0 Å². The molecular weight excluding hydrogens is 288 g/mol. The van der Waals surface area contributed by atoms with Gasteiger partial charge in [-0.3, -0.25) is 4.79 Å². The molecule has 2 saturated heterocycles. The van der Waals surface area contributed by atoms with Crippen molar-refractivity contribution in [1.82, 2.24) is 10.2 Å². The molecule has 2 aliphatic heterocycles. The maximum absolute atomic E-state index is 12.6. The van der Waals surface area contributed by atoms with Crippen LogP contribution in [0.15, 0.2) is 0 Å². The highest BCUT2D eigenvalue weighted by Crippen LogP contribution is 2.34. The summed E-state index contributed by atoms with van der Waals surface area (Å²) in [5, 5.41) is 3.31. The zero-order valence-corrected chi connectivity index (χ0v) is 13.7. The van der Waals surface area contributed by atoms with Gasteiger partial charge < -0.3 is 15.0 Å². The van der Waals surface area contributed by atoms with Crippen LogP contribution in [0.25, 0.3) is 0 Å². The molecule has 3 fully saturated rings. The Labute approximate surface area is 134 Å². The summed E-state index contributed by atoms with van der Waals surface area (Å²) in [4.78, 5) is 14.8. The lowest BCUT2D eigenvalue weighted by atomic mass is 9.83. The summed E-state index contributed by atoms with van der Waals surface area (Å²) >= 11 is 0. The fraction of sp³-hybridized carbons (Fsp3) is 0.938. The van der Waals surface area contributed by atoms with Crippen LogP contribution in [0.3, 0.4) is 0 Å². The van der Waals surface area contributed by atoms with Crippen LogP contribution >= 0.6 is 12.4 Å². The van der Waals surface area contributed by atoms with Crippen LogP contribution < -0.4 is 5.32 Å². The normalized spacial score (nSPS) is 31.0. The van der Waals surface area contributed by atoms with Crippen molar-refractivity contribution < 1.29 is 9.53 Å². The molecule has 0 radical (unpaired) electrons. The highest BCUT2D eigenvalue weighted by atomic mass is 35.5. The standard InChI is InChI=1S/C16H28N2O2.ClH/c19-16(11-14-12-17-8-10-20-14)18-9-4-7-15(18)13-5-2-1-3-6-13;/h13-15,17H,1-12H2;1H. The van der Waals surface area contributed by atoms with Crippen molar-refractivity contribution in [2.75, 3.05) is 26.2 Å². The Morgan fingerprint density at radius 1 is 1.14 bits per heavy atom.